The fraction of sp³-hybridized carbons (Fsp3) is 0.136. The summed E-state index contributed by atoms with van der Waals surface area (Å²) in [4.78, 5) is 20.6. The van der Waals surface area contributed by atoms with Gasteiger partial charge in [0.1, 0.15) is 5.82 Å². The molecule has 160 valence electrons. The van der Waals surface area contributed by atoms with Crippen LogP contribution < -0.4 is 16.8 Å². The SMILES string of the molecule is Cc1ccc(NC(=O)c2ccc(CN)c(C(F)(F)F)c2)cc1/C=C/c1cnc(N)cn1. The highest BCUT2D eigenvalue weighted by molar-refractivity contribution is 6.04. The highest BCUT2D eigenvalue weighted by atomic mass is 19.4. The number of amides is 1. The normalized spacial score (nSPS) is 11.6. The Morgan fingerprint density at radius 2 is 1.87 bits per heavy atom. The number of anilines is 2. The number of nitrogens with zero attached hydrogens (tertiary/aromatic N) is 2. The fourth-order valence-electron chi connectivity index (χ4n) is 2.87. The Hall–Kier alpha value is -3.72. The molecule has 0 radical (unpaired) electrons. The highest BCUT2D eigenvalue weighted by Crippen LogP contribution is 2.32. The zero-order valence-corrected chi connectivity index (χ0v) is 16.6. The lowest BCUT2D eigenvalue weighted by Gasteiger charge is -2.14. The third-order valence-electron chi connectivity index (χ3n) is 4.56. The minimum absolute atomic E-state index is 0.0717. The molecule has 0 aliphatic heterocycles. The Morgan fingerprint density at radius 1 is 1.10 bits per heavy atom. The van der Waals surface area contributed by atoms with E-state index in [4.69, 9.17) is 11.5 Å². The number of alkyl halides is 3. The molecule has 0 bridgehead atoms. The van der Waals surface area contributed by atoms with Crippen LogP contribution in [0.25, 0.3) is 12.2 Å². The van der Waals surface area contributed by atoms with Crippen LogP contribution in [0.5, 0.6) is 0 Å². The summed E-state index contributed by atoms with van der Waals surface area (Å²) in [6, 6.07) is 8.53. The van der Waals surface area contributed by atoms with E-state index in [9.17, 15) is 18.0 Å². The van der Waals surface area contributed by atoms with E-state index in [1.165, 1.54) is 24.5 Å². The number of nitrogen functional groups attached to an aromatic ring is 1. The van der Waals surface area contributed by atoms with E-state index < -0.39 is 17.6 Å². The number of nitrogens with one attached hydrogen (secondary N) is 1. The number of hydrogen-bond donors (Lipinski definition) is 3. The van der Waals surface area contributed by atoms with E-state index in [2.05, 4.69) is 15.3 Å². The number of aryl methyl sites for hydroxylation is 1. The van der Waals surface area contributed by atoms with Gasteiger partial charge >= 0.3 is 6.18 Å². The van der Waals surface area contributed by atoms with Crippen LogP contribution in [-0.4, -0.2) is 15.9 Å². The largest absolute Gasteiger partial charge is 0.416 e. The Morgan fingerprint density at radius 3 is 2.52 bits per heavy atom. The maximum Gasteiger partial charge on any atom is 0.416 e. The number of rotatable bonds is 5. The zero-order valence-electron chi connectivity index (χ0n) is 16.6. The maximum absolute atomic E-state index is 13.2. The van der Waals surface area contributed by atoms with E-state index in [1.807, 2.05) is 6.92 Å². The van der Waals surface area contributed by atoms with Crippen LogP contribution in [-0.2, 0) is 12.7 Å². The summed E-state index contributed by atoms with van der Waals surface area (Å²) in [7, 11) is 0. The third-order valence-corrected chi connectivity index (χ3v) is 4.56. The average molecular weight is 427 g/mol. The fourth-order valence-corrected chi connectivity index (χ4v) is 2.87. The molecule has 0 aliphatic rings. The van der Waals surface area contributed by atoms with Crippen LogP contribution in [0.4, 0.5) is 24.7 Å². The number of benzene rings is 2. The number of carbonyl (C=O) groups excluding carboxylic acids is 1. The third kappa shape index (κ3) is 5.46. The van der Waals surface area contributed by atoms with Crippen LogP contribution in [0, 0.1) is 6.92 Å². The molecule has 31 heavy (non-hydrogen) atoms. The first-order valence-corrected chi connectivity index (χ1v) is 9.25. The predicted molar refractivity (Wildman–Crippen MR) is 114 cm³/mol. The lowest BCUT2D eigenvalue weighted by atomic mass is 10.0. The molecule has 0 unspecified atom stereocenters. The van der Waals surface area contributed by atoms with Crippen LogP contribution in [0.15, 0.2) is 48.8 Å². The monoisotopic (exact) mass is 427 g/mol. The van der Waals surface area contributed by atoms with E-state index in [0.717, 1.165) is 17.2 Å². The van der Waals surface area contributed by atoms with Crippen molar-refractivity contribution in [1.82, 2.24) is 9.97 Å². The second-order valence-electron chi connectivity index (χ2n) is 6.80. The Labute approximate surface area is 176 Å². The topological polar surface area (TPSA) is 107 Å². The van der Waals surface area contributed by atoms with Gasteiger partial charge in [0, 0.05) is 17.8 Å². The zero-order chi connectivity index (χ0) is 22.6. The average Bonchev–Trinajstić information content (AvgIpc) is 2.74. The first-order chi connectivity index (χ1) is 14.7. The van der Waals surface area contributed by atoms with Gasteiger partial charge in [0.05, 0.1) is 23.7 Å². The molecule has 0 fully saturated rings. The predicted octanol–water partition coefficient (Wildman–Crippen LogP) is 4.27. The number of aromatic nitrogens is 2. The van der Waals surface area contributed by atoms with Crippen molar-refractivity contribution in [2.75, 3.05) is 11.1 Å². The summed E-state index contributed by atoms with van der Waals surface area (Å²) in [6.45, 7) is 1.61. The van der Waals surface area contributed by atoms with Crippen molar-refractivity contribution in [3.63, 3.8) is 0 Å². The molecule has 1 heterocycles. The molecule has 5 N–H and O–H groups in total. The maximum atomic E-state index is 13.2. The van der Waals surface area contributed by atoms with Crippen molar-refractivity contribution >= 4 is 29.6 Å². The first kappa shape index (κ1) is 22.0. The highest BCUT2D eigenvalue weighted by Gasteiger charge is 2.33. The van der Waals surface area contributed by atoms with Crippen molar-refractivity contribution in [3.05, 3.63) is 82.3 Å². The van der Waals surface area contributed by atoms with Gasteiger partial charge in [-0.3, -0.25) is 9.78 Å². The van der Waals surface area contributed by atoms with Crippen molar-refractivity contribution in [2.24, 2.45) is 5.73 Å². The van der Waals surface area contributed by atoms with Gasteiger partial charge in [0.15, 0.2) is 0 Å². The smallest absolute Gasteiger partial charge is 0.382 e. The summed E-state index contributed by atoms with van der Waals surface area (Å²) < 4.78 is 39.7. The number of halogens is 3. The van der Waals surface area contributed by atoms with E-state index in [0.29, 0.717) is 17.2 Å². The standard InChI is InChI=1S/C22H20F3N5O/c1-13-2-6-17(8-14(13)5-7-18-11-29-20(27)12-28-18)30-21(31)15-3-4-16(10-26)19(9-15)22(23,24)25/h2-9,11-12H,10,26H2,1H3,(H2,27,29)(H,30,31)/b7-5+. The molecule has 2 aromatic carbocycles. The summed E-state index contributed by atoms with van der Waals surface area (Å²) in [5.74, 6) is -0.344. The minimum atomic E-state index is -4.60. The lowest BCUT2D eigenvalue weighted by Crippen LogP contribution is -2.16. The number of hydrogen-bond acceptors (Lipinski definition) is 5. The van der Waals surface area contributed by atoms with Crippen molar-refractivity contribution < 1.29 is 18.0 Å². The van der Waals surface area contributed by atoms with Gasteiger partial charge < -0.3 is 16.8 Å². The molecule has 1 amide bonds. The molecule has 9 heteroatoms. The Bertz CT molecular complexity index is 1120. The number of carbonyl (C=O) groups is 1. The van der Waals surface area contributed by atoms with Crippen LogP contribution in [0.2, 0.25) is 0 Å². The van der Waals surface area contributed by atoms with Gasteiger partial charge in [-0.25, -0.2) is 4.98 Å². The number of nitrogens with two attached hydrogens (primary N) is 2. The molecule has 0 aliphatic carbocycles. The molecular formula is C22H20F3N5O. The van der Waals surface area contributed by atoms with E-state index in [-0.39, 0.29) is 17.7 Å². The lowest BCUT2D eigenvalue weighted by molar-refractivity contribution is -0.138. The van der Waals surface area contributed by atoms with Crippen LogP contribution >= 0.6 is 0 Å². The van der Waals surface area contributed by atoms with Crippen molar-refractivity contribution in [1.29, 1.82) is 0 Å². The van der Waals surface area contributed by atoms with E-state index in [1.54, 1.807) is 30.4 Å². The summed E-state index contributed by atoms with van der Waals surface area (Å²) >= 11 is 0. The summed E-state index contributed by atoms with van der Waals surface area (Å²) in [5, 5.41) is 2.63. The van der Waals surface area contributed by atoms with Gasteiger partial charge in [0.25, 0.3) is 5.91 Å². The minimum Gasteiger partial charge on any atom is -0.382 e. The molecule has 3 aromatic rings. The molecule has 6 nitrogen and oxygen atoms in total. The van der Waals surface area contributed by atoms with Gasteiger partial charge in [-0.1, -0.05) is 18.2 Å². The molecule has 0 atom stereocenters. The Kier molecular flexibility index (Phi) is 6.36. The molecule has 0 saturated carbocycles. The van der Waals surface area contributed by atoms with Crippen molar-refractivity contribution in [2.45, 2.75) is 19.6 Å². The summed E-state index contributed by atoms with van der Waals surface area (Å²) in [5.41, 5.74) is 12.6. The molecular weight excluding hydrogens is 407 g/mol. The van der Waals surface area contributed by atoms with Crippen LogP contribution in [0.3, 0.4) is 0 Å². The molecule has 3 rings (SSSR count). The second kappa shape index (κ2) is 8.97. The second-order valence-corrected chi connectivity index (χ2v) is 6.80. The Balaban J connectivity index is 1.82. The molecule has 0 saturated heterocycles. The summed E-state index contributed by atoms with van der Waals surface area (Å²) in [6.07, 6.45) is 1.90. The quantitative estimate of drug-likeness (QED) is 0.564. The van der Waals surface area contributed by atoms with Gasteiger partial charge in [-0.15, -0.1) is 0 Å². The molecule has 0 spiro atoms. The molecule has 1 aromatic heterocycles. The van der Waals surface area contributed by atoms with Crippen LogP contribution in [0.1, 0.15) is 38.3 Å². The van der Waals surface area contributed by atoms with Gasteiger partial charge in [-0.2, -0.15) is 13.2 Å². The first-order valence-electron chi connectivity index (χ1n) is 9.25. The van der Waals surface area contributed by atoms with Crippen molar-refractivity contribution in [3.8, 4) is 0 Å². The van der Waals surface area contributed by atoms with E-state index >= 15 is 0 Å². The van der Waals surface area contributed by atoms with Gasteiger partial charge in [0.2, 0.25) is 0 Å². The van der Waals surface area contributed by atoms with Gasteiger partial charge in [-0.05, 0) is 54.0 Å².